The molecular weight excluding hydrogens is 424 g/mol. The van der Waals surface area contributed by atoms with Gasteiger partial charge in [0.15, 0.2) is 0 Å². The summed E-state index contributed by atoms with van der Waals surface area (Å²) in [6.07, 6.45) is 5.30. The monoisotopic (exact) mass is 451 g/mol. The Bertz CT molecular complexity index is 975. The summed E-state index contributed by atoms with van der Waals surface area (Å²) in [4.78, 5) is 31.5. The van der Waals surface area contributed by atoms with Gasteiger partial charge >= 0.3 is 0 Å². The number of likely N-dealkylation sites (tertiary alicyclic amines) is 1. The third-order valence-electron chi connectivity index (χ3n) is 7.08. The van der Waals surface area contributed by atoms with Crippen molar-refractivity contribution in [3.63, 3.8) is 0 Å². The van der Waals surface area contributed by atoms with E-state index in [0.717, 1.165) is 11.1 Å². The van der Waals surface area contributed by atoms with Crippen LogP contribution in [0.15, 0.2) is 60.7 Å². The summed E-state index contributed by atoms with van der Waals surface area (Å²) in [5, 5.41) is 0. The number of piperazine rings is 1. The molecule has 2 heterocycles. The maximum atomic E-state index is 13.5. The third kappa shape index (κ3) is 4.35. The van der Waals surface area contributed by atoms with Crippen LogP contribution in [-0.2, 0) is 9.59 Å². The van der Waals surface area contributed by atoms with Gasteiger partial charge in [-0.2, -0.15) is 0 Å². The molecule has 2 aliphatic heterocycles. The fourth-order valence-corrected chi connectivity index (χ4v) is 5.28. The van der Waals surface area contributed by atoms with Crippen molar-refractivity contribution in [2.24, 2.45) is 11.8 Å². The van der Waals surface area contributed by atoms with Crippen LogP contribution >= 0.6 is 0 Å². The summed E-state index contributed by atoms with van der Waals surface area (Å²) in [5.41, 5.74) is 1.89. The van der Waals surface area contributed by atoms with Crippen molar-refractivity contribution in [1.29, 1.82) is 0 Å². The van der Waals surface area contributed by atoms with E-state index in [1.807, 2.05) is 12.2 Å². The highest BCUT2D eigenvalue weighted by atomic mass is 19.1. The summed E-state index contributed by atoms with van der Waals surface area (Å²) in [6.45, 7) is 3.15. The molecule has 0 radical (unpaired) electrons. The van der Waals surface area contributed by atoms with E-state index < -0.39 is 0 Å². The second kappa shape index (κ2) is 9.15. The van der Waals surface area contributed by atoms with Crippen LogP contribution in [0.5, 0.6) is 0 Å². The number of halogens is 2. The molecule has 2 saturated heterocycles. The molecule has 0 saturated carbocycles. The highest BCUT2D eigenvalue weighted by Crippen LogP contribution is 2.35. The van der Waals surface area contributed by atoms with Crippen molar-refractivity contribution in [2.45, 2.75) is 18.9 Å². The molecule has 0 spiro atoms. The molecule has 2 fully saturated rings. The highest BCUT2D eigenvalue weighted by Gasteiger charge is 2.47. The second-order valence-electron chi connectivity index (χ2n) is 9.06. The third-order valence-corrected chi connectivity index (χ3v) is 7.08. The summed E-state index contributed by atoms with van der Waals surface area (Å²) in [5.74, 6) is -1.09. The largest absolute Gasteiger partial charge is 0.290 e. The van der Waals surface area contributed by atoms with Crippen molar-refractivity contribution in [3.05, 3.63) is 83.4 Å². The molecule has 5 rings (SSSR count). The predicted octanol–water partition coefficient (Wildman–Crippen LogP) is 3.58. The number of rotatable bonds is 5. The number of carbonyl (C=O) groups is 2. The lowest BCUT2D eigenvalue weighted by atomic mass is 9.85. The topological polar surface area (TPSA) is 43.9 Å². The molecule has 2 atom stereocenters. The molecule has 7 heteroatoms. The Kier molecular flexibility index (Phi) is 6.08. The Hall–Kier alpha value is -2.90. The first-order valence-electron chi connectivity index (χ1n) is 11.5. The van der Waals surface area contributed by atoms with Crippen LogP contribution in [0.3, 0.4) is 0 Å². The van der Waals surface area contributed by atoms with Crippen LogP contribution in [0.2, 0.25) is 0 Å². The molecule has 0 aromatic heterocycles. The van der Waals surface area contributed by atoms with Gasteiger partial charge in [0.1, 0.15) is 11.6 Å². The standard InChI is InChI=1S/C26H27F2N3O2/c27-20-9-5-18(6-10-20)24(19-7-11-21(28)12-8-19)30-15-13-29(14-16-30)17-31-25(32)22-3-1-2-4-23(22)26(31)33/h1-2,5-12,22-24H,3-4,13-17H2/t22-,23-/m1/s1. The Balaban J connectivity index is 1.28. The van der Waals surface area contributed by atoms with Gasteiger partial charge in [0, 0.05) is 26.2 Å². The minimum Gasteiger partial charge on any atom is -0.290 e. The van der Waals surface area contributed by atoms with E-state index in [1.165, 1.54) is 29.2 Å². The molecule has 1 aliphatic carbocycles. The highest BCUT2D eigenvalue weighted by molar-refractivity contribution is 6.05. The number of hydrogen-bond donors (Lipinski definition) is 0. The van der Waals surface area contributed by atoms with Gasteiger partial charge in [-0.15, -0.1) is 0 Å². The minimum absolute atomic E-state index is 0.0488. The van der Waals surface area contributed by atoms with Crippen LogP contribution in [0.1, 0.15) is 30.0 Å². The van der Waals surface area contributed by atoms with Crippen LogP contribution in [0.4, 0.5) is 8.78 Å². The maximum Gasteiger partial charge on any atom is 0.234 e. The van der Waals surface area contributed by atoms with Crippen LogP contribution in [0, 0.1) is 23.5 Å². The zero-order valence-corrected chi connectivity index (χ0v) is 18.4. The summed E-state index contributed by atoms with van der Waals surface area (Å²) >= 11 is 0. The van der Waals surface area contributed by atoms with Gasteiger partial charge in [-0.05, 0) is 48.2 Å². The van der Waals surface area contributed by atoms with Crippen LogP contribution in [-0.4, -0.2) is 59.4 Å². The number of fused-ring (bicyclic) bond motifs is 1. The van der Waals surface area contributed by atoms with Gasteiger partial charge in [0.05, 0.1) is 24.5 Å². The van der Waals surface area contributed by atoms with E-state index in [2.05, 4.69) is 9.80 Å². The van der Waals surface area contributed by atoms with E-state index in [0.29, 0.717) is 45.7 Å². The first-order valence-corrected chi connectivity index (χ1v) is 11.5. The Labute approximate surface area is 192 Å². The smallest absolute Gasteiger partial charge is 0.234 e. The SMILES string of the molecule is O=C1[C@@H]2CC=CC[C@H]2C(=O)N1CN1CCN(C(c2ccc(F)cc2)c2ccc(F)cc2)CC1. The molecule has 0 N–H and O–H groups in total. The second-order valence-corrected chi connectivity index (χ2v) is 9.06. The quantitative estimate of drug-likeness (QED) is 0.515. The van der Waals surface area contributed by atoms with Gasteiger partial charge in [-0.1, -0.05) is 36.4 Å². The van der Waals surface area contributed by atoms with Gasteiger partial charge in [0.25, 0.3) is 0 Å². The van der Waals surface area contributed by atoms with E-state index >= 15 is 0 Å². The Morgan fingerprint density at radius 1 is 0.727 bits per heavy atom. The molecule has 5 nitrogen and oxygen atoms in total. The first kappa shape index (κ1) is 21.9. The molecule has 0 unspecified atom stereocenters. The molecule has 3 aliphatic rings. The number of amides is 2. The fraction of sp³-hybridized carbons (Fsp3) is 0.385. The summed E-state index contributed by atoms with van der Waals surface area (Å²) in [6, 6.07) is 12.7. The van der Waals surface area contributed by atoms with Crippen LogP contribution < -0.4 is 0 Å². The number of allylic oxidation sites excluding steroid dienone is 2. The number of benzene rings is 2. The molecule has 2 aromatic carbocycles. The summed E-state index contributed by atoms with van der Waals surface area (Å²) in [7, 11) is 0. The summed E-state index contributed by atoms with van der Waals surface area (Å²) < 4.78 is 27.1. The lowest BCUT2D eigenvalue weighted by Gasteiger charge is -2.40. The van der Waals surface area contributed by atoms with E-state index in [1.54, 1.807) is 24.3 Å². The first-order chi connectivity index (χ1) is 16.0. The molecule has 2 amide bonds. The van der Waals surface area contributed by atoms with E-state index in [4.69, 9.17) is 0 Å². The normalized spacial score (nSPS) is 24.0. The van der Waals surface area contributed by atoms with E-state index in [9.17, 15) is 18.4 Å². The number of nitrogens with zero attached hydrogens (tertiary/aromatic N) is 3. The predicted molar refractivity (Wildman–Crippen MR) is 120 cm³/mol. The lowest BCUT2D eigenvalue weighted by Crippen LogP contribution is -2.52. The molecule has 2 aromatic rings. The average molecular weight is 452 g/mol. The molecule has 33 heavy (non-hydrogen) atoms. The fourth-order valence-electron chi connectivity index (χ4n) is 5.28. The maximum absolute atomic E-state index is 13.5. The van der Waals surface area contributed by atoms with Gasteiger partial charge in [0.2, 0.25) is 11.8 Å². The minimum atomic E-state index is -0.294. The Morgan fingerprint density at radius 2 is 1.18 bits per heavy atom. The van der Waals surface area contributed by atoms with Gasteiger partial charge < -0.3 is 0 Å². The van der Waals surface area contributed by atoms with Crippen molar-refractivity contribution < 1.29 is 18.4 Å². The zero-order chi connectivity index (χ0) is 22.9. The van der Waals surface area contributed by atoms with Gasteiger partial charge in [-0.3, -0.25) is 24.3 Å². The zero-order valence-electron chi connectivity index (χ0n) is 18.4. The van der Waals surface area contributed by atoms with Crippen molar-refractivity contribution in [2.75, 3.05) is 32.8 Å². The van der Waals surface area contributed by atoms with Crippen LogP contribution in [0.25, 0.3) is 0 Å². The number of imide groups is 1. The number of hydrogen-bond acceptors (Lipinski definition) is 4. The molecule has 172 valence electrons. The van der Waals surface area contributed by atoms with Crippen molar-refractivity contribution in [3.8, 4) is 0 Å². The van der Waals surface area contributed by atoms with Gasteiger partial charge in [-0.25, -0.2) is 8.78 Å². The lowest BCUT2D eigenvalue weighted by molar-refractivity contribution is -0.142. The van der Waals surface area contributed by atoms with Crippen molar-refractivity contribution >= 4 is 11.8 Å². The number of carbonyl (C=O) groups excluding carboxylic acids is 2. The average Bonchev–Trinajstić information content (AvgIpc) is 3.08. The molecule has 0 bridgehead atoms. The van der Waals surface area contributed by atoms with E-state index in [-0.39, 0.29) is 41.3 Å². The molecular formula is C26H27F2N3O2. The Morgan fingerprint density at radius 3 is 1.64 bits per heavy atom. The van der Waals surface area contributed by atoms with Crippen molar-refractivity contribution in [1.82, 2.24) is 14.7 Å².